The van der Waals surface area contributed by atoms with Gasteiger partial charge in [0, 0.05) is 36.9 Å². The average Bonchev–Trinajstić information content (AvgIpc) is 3.67. The Balaban J connectivity index is 1.28. The first-order chi connectivity index (χ1) is 17.0. The van der Waals surface area contributed by atoms with Crippen LogP contribution in [0.5, 0.6) is 5.75 Å². The Kier molecular flexibility index (Phi) is 7.07. The molecule has 1 aliphatic heterocycles. The van der Waals surface area contributed by atoms with E-state index in [1.807, 2.05) is 42.5 Å². The molecular weight excluding hydrogens is 466 g/mol. The van der Waals surface area contributed by atoms with Crippen LogP contribution in [-0.4, -0.2) is 36.8 Å². The van der Waals surface area contributed by atoms with E-state index in [9.17, 15) is 13.6 Å². The van der Waals surface area contributed by atoms with Crippen molar-refractivity contribution in [3.05, 3.63) is 101 Å². The fourth-order valence-corrected chi connectivity index (χ4v) is 5.08. The Morgan fingerprint density at radius 1 is 1.06 bits per heavy atom. The van der Waals surface area contributed by atoms with Gasteiger partial charge in [-0.1, -0.05) is 60.5 Å². The van der Waals surface area contributed by atoms with Gasteiger partial charge in [0.15, 0.2) is 0 Å². The van der Waals surface area contributed by atoms with E-state index < -0.39 is 11.7 Å². The lowest BCUT2D eigenvalue weighted by Crippen LogP contribution is -2.51. The van der Waals surface area contributed by atoms with E-state index in [-0.39, 0.29) is 23.3 Å². The molecule has 5 rings (SSSR count). The quantitative estimate of drug-likeness (QED) is 0.373. The lowest BCUT2D eigenvalue weighted by atomic mass is 9.90. The number of halogens is 2. The molecule has 3 aromatic rings. The van der Waals surface area contributed by atoms with Crippen LogP contribution < -0.4 is 9.46 Å². The molecule has 1 aliphatic carbocycles. The summed E-state index contributed by atoms with van der Waals surface area (Å²) in [6.45, 7) is 1.96. The van der Waals surface area contributed by atoms with Crippen molar-refractivity contribution in [2.24, 2.45) is 5.92 Å². The van der Waals surface area contributed by atoms with E-state index in [0.29, 0.717) is 23.8 Å². The van der Waals surface area contributed by atoms with Gasteiger partial charge < -0.3 is 4.74 Å². The lowest BCUT2D eigenvalue weighted by molar-refractivity contribution is 0.0365. The van der Waals surface area contributed by atoms with Crippen LogP contribution in [0.2, 0.25) is 0 Å². The highest BCUT2D eigenvalue weighted by Gasteiger charge is 2.36. The highest BCUT2D eigenvalue weighted by molar-refractivity contribution is 7.97. The molecule has 1 N–H and O–H groups in total. The van der Waals surface area contributed by atoms with Crippen LogP contribution in [0.1, 0.15) is 51.8 Å². The first kappa shape index (κ1) is 23.8. The number of likely N-dealkylation sites (tertiary alicyclic amines) is 1. The van der Waals surface area contributed by atoms with Gasteiger partial charge >= 0.3 is 0 Å². The molecule has 0 bridgehead atoms. The second-order valence-corrected chi connectivity index (χ2v) is 9.86. The predicted molar refractivity (Wildman–Crippen MR) is 135 cm³/mol. The van der Waals surface area contributed by atoms with Gasteiger partial charge in [0.05, 0.1) is 18.2 Å². The van der Waals surface area contributed by atoms with Gasteiger partial charge in [-0.3, -0.25) is 14.4 Å². The smallest absolute Gasteiger partial charge is 0.264 e. The van der Waals surface area contributed by atoms with Crippen LogP contribution >= 0.6 is 11.9 Å². The summed E-state index contributed by atoms with van der Waals surface area (Å²) in [6.07, 6.45) is 3.76. The zero-order valence-corrected chi connectivity index (χ0v) is 20.4. The van der Waals surface area contributed by atoms with Crippen molar-refractivity contribution in [3.63, 3.8) is 0 Å². The third kappa shape index (κ3) is 5.21. The van der Waals surface area contributed by atoms with Crippen molar-refractivity contribution in [3.8, 4) is 5.75 Å². The number of hydrogen-bond donors (Lipinski definition) is 1. The summed E-state index contributed by atoms with van der Waals surface area (Å²) in [6, 6.07) is 19.7. The second-order valence-electron chi connectivity index (χ2n) is 9.25. The lowest BCUT2D eigenvalue weighted by Gasteiger charge is -2.44. The molecule has 182 valence electrons. The molecule has 7 heteroatoms. The Hall–Kier alpha value is -2.90. The predicted octanol–water partition coefficient (Wildman–Crippen LogP) is 5.95. The number of carbonyl (C=O) groups excluding carboxylic acids is 1. The topological polar surface area (TPSA) is 41.6 Å². The maximum absolute atomic E-state index is 14.7. The second kappa shape index (κ2) is 10.4. The van der Waals surface area contributed by atoms with Crippen molar-refractivity contribution >= 4 is 17.9 Å². The fourth-order valence-electron chi connectivity index (χ4n) is 4.78. The van der Waals surface area contributed by atoms with Crippen LogP contribution in [-0.2, 0) is 0 Å². The minimum atomic E-state index is -0.574. The molecule has 1 amide bonds. The molecule has 1 saturated heterocycles. The number of amides is 1. The van der Waals surface area contributed by atoms with E-state index >= 15 is 0 Å². The van der Waals surface area contributed by atoms with Gasteiger partial charge in [-0.05, 0) is 42.0 Å². The molecule has 0 radical (unpaired) electrons. The number of rotatable bonds is 9. The summed E-state index contributed by atoms with van der Waals surface area (Å²) in [5, 5.41) is 0. The van der Waals surface area contributed by atoms with E-state index in [0.717, 1.165) is 49.0 Å². The van der Waals surface area contributed by atoms with Crippen molar-refractivity contribution < 1.29 is 18.3 Å². The zero-order chi connectivity index (χ0) is 24.4. The monoisotopic (exact) mass is 494 g/mol. The minimum Gasteiger partial charge on any atom is -0.493 e. The molecule has 0 aromatic heterocycles. The first-order valence-corrected chi connectivity index (χ1v) is 13.1. The number of benzene rings is 3. The molecule has 35 heavy (non-hydrogen) atoms. The Bertz CT molecular complexity index is 1200. The Labute approximate surface area is 208 Å². The van der Waals surface area contributed by atoms with Crippen molar-refractivity contribution in [2.75, 3.05) is 26.0 Å². The number of nitrogens with one attached hydrogen (secondary N) is 1. The van der Waals surface area contributed by atoms with E-state index in [2.05, 4.69) is 9.62 Å². The molecule has 3 aromatic carbocycles. The van der Waals surface area contributed by atoms with E-state index in [4.69, 9.17) is 4.74 Å². The minimum absolute atomic E-state index is 0.0546. The summed E-state index contributed by atoms with van der Waals surface area (Å²) in [7, 11) is 0. The van der Waals surface area contributed by atoms with Gasteiger partial charge in [0.2, 0.25) is 0 Å². The standard InChI is InChI=1S/C28H28F2N2O2S/c1-35-31-28(33)23-13-22(19-11-12-19)26(14-25(23)30)34-17-18-15-32(16-18)27(20-7-3-2-4-8-20)21-9-5-6-10-24(21)29/h2-10,13-14,18-19,27H,11-12,15-17H2,1H3,(H,31,33)/t27-/m0/s1. The molecule has 1 saturated carbocycles. The molecule has 0 spiro atoms. The molecule has 2 aliphatic rings. The van der Waals surface area contributed by atoms with Gasteiger partial charge in [-0.2, -0.15) is 0 Å². The highest BCUT2D eigenvalue weighted by atomic mass is 32.2. The number of hydrogen-bond acceptors (Lipinski definition) is 4. The maximum Gasteiger partial charge on any atom is 0.264 e. The highest BCUT2D eigenvalue weighted by Crippen LogP contribution is 2.45. The van der Waals surface area contributed by atoms with Crippen LogP contribution in [0.3, 0.4) is 0 Å². The van der Waals surface area contributed by atoms with Crippen LogP contribution in [0.4, 0.5) is 8.78 Å². The third-order valence-corrected chi connectivity index (χ3v) is 7.09. The van der Waals surface area contributed by atoms with E-state index in [1.165, 1.54) is 12.1 Å². The zero-order valence-electron chi connectivity index (χ0n) is 19.5. The SMILES string of the molecule is CSNC(=O)c1cc(C2CC2)c(OCC2CN([C@@H](c3ccccc3)c3ccccc3F)C2)cc1F. The summed E-state index contributed by atoms with van der Waals surface area (Å²) in [5.74, 6) is -0.127. The van der Waals surface area contributed by atoms with Crippen molar-refractivity contribution in [1.29, 1.82) is 0 Å². The Morgan fingerprint density at radius 2 is 1.77 bits per heavy atom. The molecule has 2 fully saturated rings. The Morgan fingerprint density at radius 3 is 2.46 bits per heavy atom. The average molecular weight is 495 g/mol. The van der Waals surface area contributed by atoms with Crippen LogP contribution in [0, 0.1) is 17.6 Å². The number of carbonyl (C=O) groups is 1. The fraction of sp³-hybridized carbons (Fsp3) is 0.321. The van der Waals surface area contributed by atoms with Crippen molar-refractivity contribution in [2.45, 2.75) is 24.8 Å². The first-order valence-electron chi connectivity index (χ1n) is 11.9. The molecule has 1 heterocycles. The van der Waals surface area contributed by atoms with Gasteiger partial charge in [0.25, 0.3) is 5.91 Å². The maximum atomic E-state index is 14.7. The molecule has 1 atom stereocenters. The largest absolute Gasteiger partial charge is 0.493 e. The van der Waals surface area contributed by atoms with Gasteiger partial charge in [-0.15, -0.1) is 0 Å². The summed E-state index contributed by atoms with van der Waals surface area (Å²) >= 11 is 1.15. The summed E-state index contributed by atoms with van der Waals surface area (Å²) in [5.41, 5.74) is 2.67. The molecule has 0 unspecified atom stereocenters. The number of nitrogens with zero attached hydrogens (tertiary/aromatic N) is 1. The summed E-state index contributed by atoms with van der Waals surface area (Å²) in [4.78, 5) is 14.5. The molecular formula is C28H28F2N2O2S. The molecule has 4 nitrogen and oxygen atoms in total. The summed E-state index contributed by atoms with van der Waals surface area (Å²) < 4.78 is 38.1. The van der Waals surface area contributed by atoms with Gasteiger partial charge in [-0.25, -0.2) is 8.78 Å². The van der Waals surface area contributed by atoms with Gasteiger partial charge in [0.1, 0.15) is 17.4 Å². The number of ether oxygens (including phenoxy) is 1. The van der Waals surface area contributed by atoms with Crippen LogP contribution in [0.15, 0.2) is 66.7 Å². The van der Waals surface area contributed by atoms with Crippen LogP contribution in [0.25, 0.3) is 0 Å². The third-order valence-electron chi connectivity index (χ3n) is 6.70. The van der Waals surface area contributed by atoms with Crippen molar-refractivity contribution in [1.82, 2.24) is 9.62 Å². The van der Waals surface area contributed by atoms with E-state index in [1.54, 1.807) is 18.4 Å². The normalized spacial score (nSPS) is 17.0.